The first-order chi connectivity index (χ1) is 13.3. The SMILES string of the molecule is CCNC(=O)C(C)(C)CN=C(NCC)N1CC(C)OC(c2ccc(F)cc2)C1.I. The summed E-state index contributed by atoms with van der Waals surface area (Å²) in [7, 11) is 0. The van der Waals surface area contributed by atoms with Crippen molar-refractivity contribution in [2.75, 3.05) is 32.7 Å². The maximum Gasteiger partial charge on any atom is 0.227 e. The highest BCUT2D eigenvalue weighted by Gasteiger charge is 2.30. The Hall–Kier alpha value is -1.42. The van der Waals surface area contributed by atoms with Crippen LogP contribution in [0.1, 0.15) is 46.3 Å². The number of aliphatic imine (C=N–C) groups is 1. The monoisotopic (exact) mass is 520 g/mol. The van der Waals surface area contributed by atoms with E-state index in [1.54, 1.807) is 12.1 Å². The summed E-state index contributed by atoms with van der Waals surface area (Å²) in [5.74, 6) is 0.503. The van der Waals surface area contributed by atoms with Crippen LogP contribution in [0.15, 0.2) is 29.3 Å². The third kappa shape index (κ3) is 7.40. The van der Waals surface area contributed by atoms with Crippen molar-refractivity contribution >= 4 is 35.8 Å². The Morgan fingerprint density at radius 1 is 1.21 bits per heavy atom. The molecule has 164 valence electrons. The molecule has 6 nitrogen and oxygen atoms in total. The second-order valence-corrected chi connectivity index (χ2v) is 7.81. The first-order valence-corrected chi connectivity index (χ1v) is 9.99. The van der Waals surface area contributed by atoms with E-state index in [4.69, 9.17) is 9.73 Å². The van der Waals surface area contributed by atoms with Crippen LogP contribution >= 0.6 is 24.0 Å². The van der Waals surface area contributed by atoms with Gasteiger partial charge >= 0.3 is 0 Å². The van der Waals surface area contributed by atoms with Crippen molar-refractivity contribution in [3.8, 4) is 0 Å². The molecule has 2 unspecified atom stereocenters. The Balaban J connectivity index is 0.00000420. The van der Waals surface area contributed by atoms with Gasteiger partial charge in [-0.25, -0.2) is 4.39 Å². The highest BCUT2D eigenvalue weighted by molar-refractivity contribution is 14.0. The average Bonchev–Trinajstić information content (AvgIpc) is 2.65. The van der Waals surface area contributed by atoms with E-state index < -0.39 is 5.41 Å². The summed E-state index contributed by atoms with van der Waals surface area (Å²) < 4.78 is 19.3. The lowest BCUT2D eigenvalue weighted by Gasteiger charge is -2.39. The van der Waals surface area contributed by atoms with Gasteiger partial charge in [0.05, 0.1) is 24.6 Å². The summed E-state index contributed by atoms with van der Waals surface area (Å²) in [6, 6.07) is 6.43. The van der Waals surface area contributed by atoms with Gasteiger partial charge in [-0.2, -0.15) is 0 Å². The molecule has 1 amide bonds. The van der Waals surface area contributed by atoms with Gasteiger partial charge in [0.1, 0.15) is 11.9 Å². The zero-order valence-corrected chi connectivity index (χ0v) is 20.3. The van der Waals surface area contributed by atoms with Crippen LogP contribution in [-0.4, -0.2) is 55.6 Å². The summed E-state index contributed by atoms with van der Waals surface area (Å²) in [5, 5.41) is 6.19. The standard InChI is InChI=1S/C21H33FN4O2.HI/c1-6-23-19(27)21(4,5)14-25-20(24-7-2)26-12-15(3)28-18(13-26)16-8-10-17(22)11-9-16;/h8-11,15,18H,6-7,12-14H2,1-5H3,(H,23,27)(H,24,25);1H. The molecular weight excluding hydrogens is 486 g/mol. The van der Waals surface area contributed by atoms with Crippen molar-refractivity contribution < 1.29 is 13.9 Å². The lowest BCUT2D eigenvalue weighted by Crippen LogP contribution is -2.51. The molecule has 0 aromatic heterocycles. The zero-order chi connectivity index (χ0) is 20.7. The highest BCUT2D eigenvalue weighted by atomic mass is 127. The van der Waals surface area contributed by atoms with Crippen LogP contribution in [0, 0.1) is 11.2 Å². The summed E-state index contributed by atoms with van der Waals surface area (Å²) >= 11 is 0. The molecular formula is C21H34FIN4O2. The molecule has 0 bridgehead atoms. The van der Waals surface area contributed by atoms with Crippen molar-refractivity contribution in [3.63, 3.8) is 0 Å². The van der Waals surface area contributed by atoms with E-state index >= 15 is 0 Å². The molecule has 0 aliphatic carbocycles. The number of guanidine groups is 1. The fourth-order valence-corrected chi connectivity index (χ4v) is 3.16. The van der Waals surface area contributed by atoms with Crippen molar-refractivity contribution in [3.05, 3.63) is 35.6 Å². The van der Waals surface area contributed by atoms with Crippen LogP contribution < -0.4 is 10.6 Å². The fourth-order valence-electron chi connectivity index (χ4n) is 3.16. The van der Waals surface area contributed by atoms with Gasteiger partial charge in [-0.05, 0) is 52.3 Å². The van der Waals surface area contributed by atoms with Gasteiger partial charge in [0, 0.05) is 19.6 Å². The van der Waals surface area contributed by atoms with E-state index in [0.29, 0.717) is 26.2 Å². The average molecular weight is 520 g/mol. The Bertz CT molecular complexity index is 682. The summed E-state index contributed by atoms with van der Waals surface area (Å²) in [6.45, 7) is 12.8. The third-order valence-electron chi connectivity index (χ3n) is 4.71. The van der Waals surface area contributed by atoms with Gasteiger partial charge in [-0.1, -0.05) is 12.1 Å². The van der Waals surface area contributed by atoms with Crippen molar-refractivity contribution in [2.24, 2.45) is 10.4 Å². The van der Waals surface area contributed by atoms with E-state index in [2.05, 4.69) is 15.5 Å². The van der Waals surface area contributed by atoms with Crippen LogP contribution in [0.5, 0.6) is 0 Å². The smallest absolute Gasteiger partial charge is 0.227 e. The van der Waals surface area contributed by atoms with Gasteiger partial charge in [0.15, 0.2) is 5.96 Å². The minimum Gasteiger partial charge on any atom is -0.367 e. The summed E-state index contributed by atoms with van der Waals surface area (Å²) in [4.78, 5) is 19.2. The van der Waals surface area contributed by atoms with Gasteiger partial charge in [-0.15, -0.1) is 24.0 Å². The zero-order valence-electron chi connectivity index (χ0n) is 18.0. The van der Waals surface area contributed by atoms with Crippen molar-refractivity contribution in [1.29, 1.82) is 0 Å². The summed E-state index contributed by atoms with van der Waals surface area (Å²) in [6.07, 6.45) is -0.159. The van der Waals surface area contributed by atoms with Crippen LogP contribution in [-0.2, 0) is 9.53 Å². The number of amides is 1. The summed E-state index contributed by atoms with van der Waals surface area (Å²) in [5.41, 5.74) is 0.349. The quantitative estimate of drug-likeness (QED) is 0.343. The predicted octanol–water partition coefficient (Wildman–Crippen LogP) is 3.33. The van der Waals surface area contributed by atoms with E-state index in [9.17, 15) is 9.18 Å². The van der Waals surface area contributed by atoms with Gasteiger partial charge in [0.25, 0.3) is 0 Å². The number of nitrogens with zero attached hydrogens (tertiary/aromatic N) is 2. The number of halogens is 2. The topological polar surface area (TPSA) is 66.0 Å². The fraction of sp³-hybridized carbons (Fsp3) is 0.619. The van der Waals surface area contributed by atoms with E-state index in [1.165, 1.54) is 12.1 Å². The maximum atomic E-state index is 13.3. The Labute approximate surface area is 190 Å². The number of hydrogen-bond acceptors (Lipinski definition) is 3. The van der Waals surface area contributed by atoms with Crippen LogP contribution in [0.2, 0.25) is 0 Å². The Morgan fingerprint density at radius 3 is 2.41 bits per heavy atom. The Kier molecular flexibility index (Phi) is 10.3. The number of carbonyl (C=O) groups excluding carboxylic acids is 1. The molecule has 1 aliphatic rings. The molecule has 2 atom stereocenters. The normalized spacial score (nSPS) is 20.1. The minimum atomic E-state index is -0.592. The molecule has 8 heteroatoms. The predicted molar refractivity (Wildman–Crippen MR) is 125 cm³/mol. The van der Waals surface area contributed by atoms with Crippen LogP contribution in [0.3, 0.4) is 0 Å². The third-order valence-corrected chi connectivity index (χ3v) is 4.71. The van der Waals surface area contributed by atoms with E-state index in [1.807, 2.05) is 34.6 Å². The van der Waals surface area contributed by atoms with Crippen LogP contribution in [0.25, 0.3) is 0 Å². The van der Waals surface area contributed by atoms with Gasteiger partial charge in [0.2, 0.25) is 5.91 Å². The molecule has 2 rings (SSSR count). The van der Waals surface area contributed by atoms with Crippen LogP contribution in [0.4, 0.5) is 4.39 Å². The van der Waals surface area contributed by atoms with Crippen molar-refractivity contribution in [2.45, 2.75) is 46.8 Å². The van der Waals surface area contributed by atoms with Gasteiger partial charge in [-0.3, -0.25) is 9.79 Å². The first kappa shape index (κ1) is 25.6. The van der Waals surface area contributed by atoms with E-state index in [-0.39, 0.29) is 47.9 Å². The second-order valence-electron chi connectivity index (χ2n) is 7.81. The molecule has 2 N–H and O–H groups in total. The van der Waals surface area contributed by atoms with Crippen molar-refractivity contribution in [1.82, 2.24) is 15.5 Å². The largest absolute Gasteiger partial charge is 0.367 e. The number of morpholine rings is 1. The molecule has 1 aromatic rings. The number of nitrogens with one attached hydrogen (secondary N) is 2. The van der Waals surface area contributed by atoms with Gasteiger partial charge < -0.3 is 20.3 Å². The number of hydrogen-bond donors (Lipinski definition) is 2. The lowest BCUT2D eigenvalue weighted by atomic mass is 9.92. The number of rotatable bonds is 6. The molecule has 1 aromatic carbocycles. The maximum absolute atomic E-state index is 13.3. The molecule has 29 heavy (non-hydrogen) atoms. The molecule has 0 radical (unpaired) electrons. The molecule has 1 heterocycles. The lowest BCUT2D eigenvalue weighted by molar-refractivity contribution is -0.128. The first-order valence-electron chi connectivity index (χ1n) is 9.99. The molecule has 1 fully saturated rings. The minimum absolute atomic E-state index is 0. The molecule has 0 spiro atoms. The highest BCUT2D eigenvalue weighted by Crippen LogP contribution is 2.26. The molecule has 1 saturated heterocycles. The molecule has 1 aliphatic heterocycles. The molecule has 0 saturated carbocycles. The van der Waals surface area contributed by atoms with E-state index in [0.717, 1.165) is 18.1 Å². The number of ether oxygens (including phenoxy) is 1. The Morgan fingerprint density at radius 2 is 1.83 bits per heavy atom. The number of carbonyl (C=O) groups is 1. The number of benzene rings is 1. The second kappa shape index (κ2) is 11.7.